The maximum Gasteiger partial charge on any atom is 0.258 e. The number of nitrogens with one attached hydrogen (secondary N) is 3. The van der Waals surface area contributed by atoms with Crippen molar-refractivity contribution in [2.75, 3.05) is 10.6 Å². The van der Waals surface area contributed by atoms with Crippen molar-refractivity contribution in [1.29, 1.82) is 0 Å². The van der Waals surface area contributed by atoms with Crippen LogP contribution in [0.1, 0.15) is 28.9 Å². The van der Waals surface area contributed by atoms with E-state index in [1.54, 1.807) is 36.4 Å². The number of thiocarbonyl (C=S) groups is 1. The summed E-state index contributed by atoms with van der Waals surface area (Å²) in [4.78, 5) is 12.2. The number of hydrogen-bond donors (Lipinski definition) is 3. The zero-order valence-electron chi connectivity index (χ0n) is 15.6. The predicted octanol–water partition coefficient (Wildman–Crippen LogP) is 5.89. The molecule has 0 saturated carbocycles. The molecule has 1 unspecified atom stereocenters. The van der Waals surface area contributed by atoms with E-state index in [0.29, 0.717) is 10.8 Å². The third-order valence-electron chi connectivity index (χ3n) is 4.22. The Morgan fingerprint density at radius 2 is 1.62 bits per heavy atom. The molecule has 3 aromatic carbocycles. The van der Waals surface area contributed by atoms with Crippen molar-refractivity contribution in [3.05, 3.63) is 94.2 Å². The van der Waals surface area contributed by atoms with Gasteiger partial charge in [-0.25, -0.2) is 4.39 Å². The van der Waals surface area contributed by atoms with Crippen LogP contribution in [-0.2, 0) is 0 Å². The van der Waals surface area contributed by atoms with Gasteiger partial charge < -0.3 is 16.0 Å². The standard InChI is InChI=1S/C22H19BrFN3OS/c1-14(15-5-4-6-16(23)13-15)25-22(29)27-18-11-9-17(10-12-18)26-21(28)19-7-2-3-8-20(19)24/h2-14H,1H3,(H,26,28)(H2,25,27,29). The molecule has 3 aromatic rings. The number of benzene rings is 3. The first-order valence-corrected chi connectivity index (χ1v) is 10.1. The highest BCUT2D eigenvalue weighted by Gasteiger charge is 2.11. The molecule has 0 fully saturated rings. The molecule has 148 valence electrons. The second kappa shape index (κ2) is 9.62. The normalized spacial score (nSPS) is 11.4. The molecular weight excluding hydrogens is 453 g/mol. The van der Waals surface area contributed by atoms with Crippen molar-refractivity contribution >= 4 is 50.5 Å². The number of hydrogen-bond acceptors (Lipinski definition) is 2. The van der Waals surface area contributed by atoms with Crippen LogP contribution in [0.5, 0.6) is 0 Å². The Kier molecular flexibility index (Phi) is 6.95. The number of anilines is 2. The second-order valence-electron chi connectivity index (χ2n) is 6.39. The summed E-state index contributed by atoms with van der Waals surface area (Å²) >= 11 is 8.85. The molecule has 4 nitrogen and oxygen atoms in total. The highest BCUT2D eigenvalue weighted by Crippen LogP contribution is 2.19. The maximum absolute atomic E-state index is 13.7. The fourth-order valence-electron chi connectivity index (χ4n) is 2.70. The second-order valence-corrected chi connectivity index (χ2v) is 7.71. The van der Waals surface area contributed by atoms with Gasteiger partial charge >= 0.3 is 0 Å². The zero-order chi connectivity index (χ0) is 20.8. The largest absolute Gasteiger partial charge is 0.356 e. The monoisotopic (exact) mass is 471 g/mol. The molecule has 0 heterocycles. The van der Waals surface area contributed by atoms with Crippen molar-refractivity contribution in [2.45, 2.75) is 13.0 Å². The van der Waals surface area contributed by atoms with Crippen LogP contribution in [-0.4, -0.2) is 11.0 Å². The summed E-state index contributed by atoms with van der Waals surface area (Å²) < 4.78 is 14.7. The first kappa shape index (κ1) is 21.0. The lowest BCUT2D eigenvalue weighted by Crippen LogP contribution is -2.30. The third kappa shape index (κ3) is 5.85. The van der Waals surface area contributed by atoms with Gasteiger partial charge in [0.2, 0.25) is 0 Å². The molecule has 0 aliphatic heterocycles. The van der Waals surface area contributed by atoms with Crippen molar-refractivity contribution in [1.82, 2.24) is 5.32 Å². The van der Waals surface area contributed by atoms with Crippen LogP contribution in [0, 0.1) is 5.82 Å². The van der Waals surface area contributed by atoms with Gasteiger partial charge in [0.05, 0.1) is 11.6 Å². The molecule has 0 radical (unpaired) electrons. The van der Waals surface area contributed by atoms with Crippen molar-refractivity contribution in [3.8, 4) is 0 Å². The van der Waals surface area contributed by atoms with Gasteiger partial charge in [-0.2, -0.15) is 0 Å². The lowest BCUT2D eigenvalue weighted by molar-refractivity contribution is 0.102. The molecule has 0 aliphatic rings. The van der Waals surface area contributed by atoms with Gasteiger partial charge in [-0.3, -0.25) is 4.79 Å². The summed E-state index contributed by atoms with van der Waals surface area (Å²) in [6.45, 7) is 2.02. The summed E-state index contributed by atoms with van der Waals surface area (Å²) in [5.41, 5.74) is 2.44. The lowest BCUT2D eigenvalue weighted by Gasteiger charge is -2.18. The molecule has 1 amide bonds. The highest BCUT2D eigenvalue weighted by atomic mass is 79.9. The molecule has 0 spiro atoms. The number of halogens is 2. The van der Waals surface area contributed by atoms with Gasteiger partial charge in [-0.1, -0.05) is 40.2 Å². The smallest absolute Gasteiger partial charge is 0.258 e. The molecular formula is C22H19BrFN3OS. The predicted molar refractivity (Wildman–Crippen MR) is 123 cm³/mol. The quantitative estimate of drug-likeness (QED) is 0.406. The van der Waals surface area contributed by atoms with Gasteiger partial charge in [-0.05, 0) is 73.2 Å². The van der Waals surface area contributed by atoms with Crippen molar-refractivity contribution in [2.24, 2.45) is 0 Å². The minimum Gasteiger partial charge on any atom is -0.356 e. The van der Waals surface area contributed by atoms with Crippen LogP contribution >= 0.6 is 28.1 Å². The fourth-order valence-corrected chi connectivity index (χ4v) is 3.42. The van der Waals surface area contributed by atoms with Gasteiger partial charge in [0.15, 0.2) is 5.11 Å². The molecule has 0 saturated heterocycles. The van der Waals surface area contributed by atoms with E-state index in [4.69, 9.17) is 12.2 Å². The number of amides is 1. The Morgan fingerprint density at radius 1 is 0.966 bits per heavy atom. The van der Waals surface area contributed by atoms with E-state index < -0.39 is 11.7 Å². The van der Waals surface area contributed by atoms with E-state index in [9.17, 15) is 9.18 Å². The van der Waals surface area contributed by atoms with E-state index in [-0.39, 0.29) is 11.6 Å². The van der Waals surface area contributed by atoms with Gasteiger partial charge in [0.1, 0.15) is 5.82 Å². The topological polar surface area (TPSA) is 53.2 Å². The summed E-state index contributed by atoms with van der Waals surface area (Å²) in [6.07, 6.45) is 0. The molecule has 1 atom stereocenters. The van der Waals surface area contributed by atoms with Gasteiger partial charge in [-0.15, -0.1) is 0 Å². The minimum atomic E-state index is -0.556. The maximum atomic E-state index is 13.7. The van der Waals surface area contributed by atoms with Crippen LogP contribution in [0.3, 0.4) is 0 Å². The van der Waals surface area contributed by atoms with Crippen LogP contribution in [0.15, 0.2) is 77.3 Å². The Labute approximate surface area is 182 Å². The molecule has 0 aromatic heterocycles. The van der Waals surface area contributed by atoms with E-state index in [1.807, 2.05) is 31.2 Å². The van der Waals surface area contributed by atoms with E-state index in [0.717, 1.165) is 15.7 Å². The molecule has 0 bridgehead atoms. The molecule has 3 N–H and O–H groups in total. The summed E-state index contributed by atoms with van der Waals surface area (Å²) in [6, 6.07) is 20.9. The van der Waals surface area contributed by atoms with E-state index in [1.165, 1.54) is 12.1 Å². The number of rotatable bonds is 5. The first-order valence-electron chi connectivity index (χ1n) is 8.91. The number of carbonyl (C=O) groups is 1. The van der Waals surface area contributed by atoms with E-state index >= 15 is 0 Å². The third-order valence-corrected chi connectivity index (χ3v) is 4.93. The summed E-state index contributed by atoms with van der Waals surface area (Å²) in [5, 5.41) is 9.51. The van der Waals surface area contributed by atoms with Crippen molar-refractivity contribution in [3.63, 3.8) is 0 Å². The minimum absolute atomic E-state index is 0.00150. The van der Waals surface area contributed by atoms with Gasteiger partial charge in [0, 0.05) is 15.8 Å². The molecule has 7 heteroatoms. The Balaban J connectivity index is 1.56. The molecule has 0 aliphatic carbocycles. The van der Waals surface area contributed by atoms with Gasteiger partial charge in [0.25, 0.3) is 5.91 Å². The average molecular weight is 472 g/mol. The lowest BCUT2D eigenvalue weighted by atomic mass is 10.1. The van der Waals surface area contributed by atoms with Crippen molar-refractivity contribution < 1.29 is 9.18 Å². The fraction of sp³-hybridized carbons (Fsp3) is 0.0909. The first-order chi connectivity index (χ1) is 13.9. The van der Waals surface area contributed by atoms with Crippen LogP contribution < -0.4 is 16.0 Å². The highest BCUT2D eigenvalue weighted by molar-refractivity contribution is 9.10. The van der Waals surface area contributed by atoms with E-state index in [2.05, 4.69) is 31.9 Å². The SMILES string of the molecule is CC(NC(=S)Nc1ccc(NC(=O)c2ccccc2F)cc1)c1cccc(Br)c1. The van der Waals surface area contributed by atoms with Crippen LogP contribution in [0.25, 0.3) is 0 Å². The zero-order valence-corrected chi connectivity index (χ0v) is 18.0. The average Bonchev–Trinajstić information content (AvgIpc) is 2.69. The Morgan fingerprint density at radius 3 is 2.28 bits per heavy atom. The van der Waals surface area contributed by atoms with Crippen LogP contribution in [0.2, 0.25) is 0 Å². The Bertz CT molecular complexity index is 1030. The summed E-state index contributed by atoms with van der Waals surface area (Å²) in [7, 11) is 0. The Hall–Kier alpha value is -2.77. The number of carbonyl (C=O) groups excluding carboxylic acids is 1. The molecule has 29 heavy (non-hydrogen) atoms. The molecule has 3 rings (SSSR count). The summed E-state index contributed by atoms with van der Waals surface area (Å²) in [5.74, 6) is -1.05. The van der Waals surface area contributed by atoms with Crippen LogP contribution in [0.4, 0.5) is 15.8 Å².